The van der Waals surface area contributed by atoms with Crippen molar-refractivity contribution >= 4 is 23.2 Å². The predicted molar refractivity (Wildman–Crippen MR) is 96.7 cm³/mol. The van der Waals surface area contributed by atoms with Gasteiger partial charge in [0.2, 0.25) is 5.91 Å². The van der Waals surface area contributed by atoms with Crippen molar-refractivity contribution < 1.29 is 9.53 Å². The van der Waals surface area contributed by atoms with Crippen molar-refractivity contribution in [3.63, 3.8) is 0 Å². The second-order valence-corrected chi connectivity index (χ2v) is 5.86. The highest BCUT2D eigenvalue weighted by Gasteiger charge is 2.06. The number of hydrogen-bond donors (Lipinski definition) is 2. The van der Waals surface area contributed by atoms with Crippen molar-refractivity contribution in [2.45, 2.75) is 13.3 Å². The first kappa shape index (κ1) is 17.0. The fraction of sp³-hybridized carbons (Fsp3) is 0.167. The van der Waals surface area contributed by atoms with Crippen molar-refractivity contribution in [2.24, 2.45) is 0 Å². The van der Waals surface area contributed by atoms with E-state index in [0.29, 0.717) is 22.3 Å². The van der Waals surface area contributed by atoms with Gasteiger partial charge < -0.3 is 10.1 Å². The number of ether oxygens (including phenoxy) is 1. The smallest absolute Gasteiger partial charge is 0.227 e. The lowest BCUT2D eigenvalue weighted by atomic mass is 10.2. The largest absolute Gasteiger partial charge is 0.493 e. The first-order valence-corrected chi connectivity index (χ1v) is 8.15. The van der Waals surface area contributed by atoms with Gasteiger partial charge in [-0.3, -0.25) is 9.89 Å². The van der Waals surface area contributed by atoms with E-state index in [9.17, 15) is 4.79 Å². The molecule has 1 aromatic heterocycles. The molecule has 0 radical (unpaired) electrons. The van der Waals surface area contributed by atoms with Gasteiger partial charge >= 0.3 is 0 Å². The van der Waals surface area contributed by atoms with Gasteiger partial charge in [0.25, 0.3) is 0 Å². The summed E-state index contributed by atoms with van der Waals surface area (Å²) in [5.41, 5.74) is 1.59. The topological polar surface area (TPSA) is 79.9 Å². The van der Waals surface area contributed by atoms with Gasteiger partial charge in [0.15, 0.2) is 5.82 Å². The van der Waals surface area contributed by atoms with E-state index in [1.807, 2.05) is 31.2 Å². The van der Waals surface area contributed by atoms with Crippen LogP contribution in [-0.4, -0.2) is 27.7 Å². The highest BCUT2D eigenvalue weighted by atomic mass is 35.5. The molecule has 2 aromatic carbocycles. The summed E-state index contributed by atoms with van der Waals surface area (Å²) in [4.78, 5) is 16.2. The van der Waals surface area contributed by atoms with Gasteiger partial charge in [-0.15, -0.1) is 0 Å². The number of halogens is 1. The van der Waals surface area contributed by atoms with Crippen LogP contribution in [0, 0.1) is 6.92 Å². The van der Waals surface area contributed by atoms with E-state index in [1.165, 1.54) is 0 Å². The molecule has 0 spiro atoms. The Kier molecular flexibility index (Phi) is 5.30. The number of benzene rings is 2. The third kappa shape index (κ3) is 4.81. The number of amides is 1. The maximum absolute atomic E-state index is 12.0. The summed E-state index contributed by atoms with van der Waals surface area (Å²) >= 11 is 5.88. The SMILES string of the molecule is Cc1nc(-c2ccc(NC(=O)CCOc3cccc(Cl)c3)cc2)n[nH]1. The van der Waals surface area contributed by atoms with Crippen LogP contribution >= 0.6 is 11.6 Å². The molecule has 0 bridgehead atoms. The fourth-order valence-electron chi connectivity index (χ4n) is 2.22. The van der Waals surface area contributed by atoms with Gasteiger partial charge in [0.05, 0.1) is 13.0 Å². The third-order valence-corrected chi connectivity index (χ3v) is 3.65. The van der Waals surface area contributed by atoms with Crippen molar-refractivity contribution in [2.75, 3.05) is 11.9 Å². The minimum absolute atomic E-state index is 0.122. The molecule has 3 rings (SSSR count). The lowest BCUT2D eigenvalue weighted by Gasteiger charge is -2.08. The van der Waals surface area contributed by atoms with E-state index in [-0.39, 0.29) is 18.9 Å². The zero-order chi connectivity index (χ0) is 17.6. The summed E-state index contributed by atoms with van der Waals surface area (Å²) in [6.45, 7) is 2.12. The third-order valence-electron chi connectivity index (χ3n) is 3.42. The Hall–Kier alpha value is -2.86. The van der Waals surface area contributed by atoms with Gasteiger partial charge in [0.1, 0.15) is 11.6 Å². The molecule has 1 heterocycles. The molecular weight excluding hydrogens is 340 g/mol. The molecule has 25 heavy (non-hydrogen) atoms. The van der Waals surface area contributed by atoms with Crippen molar-refractivity contribution in [1.82, 2.24) is 15.2 Å². The van der Waals surface area contributed by atoms with E-state index in [2.05, 4.69) is 20.5 Å². The molecule has 0 aliphatic heterocycles. The second kappa shape index (κ2) is 7.81. The Bertz CT molecular complexity index is 862. The van der Waals surface area contributed by atoms with Crippen LogP contribution in [0.1, 0.15) is 12.2 Å². The number of anilines is 1. The maximum atomic E-state index is 12.0. The number of nitrogens with one attached hydrogen (secondary N) is 2. The first-order chi connectivity index (χ1) is 12.1. The molecule has 0 aliphatic rings. The maximum Gasteiger partial charge on any atom is 0.227 e. The molecular formula is C18H17ClN4O2. The predicted octanol–water partition coefficient (Wildman–Crippen LogP) is 3.84. The number of carbonyl (C=O) groups is 1. The highest BCUT2D eigenvalue weighted by molar-refractivity contribution is 6.30. The molecule has 0 saturated carbocycles. The normalized spacial score (nSPS) is 10.5. The number of aryl methyl sites for hydroxylation is 1. The Morgan fingerprint density at radius 1 is 1.24 bits per heavy atom. The van der Waals surface area contributed by atoms with Gasteiger partial charge in [-0.25, -0.2) is 4.98 Å². The molecule has 0 aliphatic carbocycles. The van der Waals surface area contributed by atoms with Gasteiger partial charge in [-0.05, 0) is 49.4 Å². The average Bonchev–Trinajstić information content (AvgIpc) is 3.02. The summed E-state index contributed by atoms with van der Waals surface area (Å²) < 4.78 is 5.51. The zero-order valence-electron chi connectivity index (χ0n) is 13.6. The number of rotatable bonds is 6. The van der Waals surface area contributed by atoms with E-state index in [0.717, 1.165) is 11.4 Å². The second-order valence-electron chi connectivity index (χ2n) is 5.43. The van der Waals surface area contributed by atoms with Crippen molar-refractivity contribution in [3.8, 4) is 17.1 Å². The number of H-pyrrole nitrogens is 1. The van der Waals surface area contributed by atoms with Crippen LogP contribution in [-0.2, 0) is 4.79 Å². The Balaban J connectivity index is 1.49. The summed E-state index contributed by atoms with van der Waals surface area (Å²) in [5, 5.41) is 10.3. The molecule has 6 nitrogen and oxygen atoms in total. The molecule has 3 aromatic rings. The molecule has 0 saturated heterocycles. The van der Waals surface area contributed by atoms with Gasteiger partial charge in [-0.2, -0.15) is 5.10 Å². The number of aromatic nitrogens is 3. The molecule has 0 atom stereocenters. The Morgan fingerprint density at radius 3 is 2.72 bits per heavy atom. The van der Waals surface area contributed by atoms with E-state index in [1.54, 1.807) is 24.3 Å². The monoisotopic (exact) mass is 356 g/mol. The Morgan fingerprint density at radius 2 is 2.04 bits per heavy atom. The summed E-state index contributed by atoms with van der Waals surface area (Å²) in [6.07, 6.45) is 0.244. The average molecular weight is 357 g/mol. The van der Waals surface area contributed by atoms with Gasteiger partial charge in [-0.1, -0.05) is 17.7 Å². The summed E-state index contributed by atoms with van der Waals surface area (Å²) in [6, 6.07) is 14.4. The van der Waals surface area contributed by atoms with E-state index < -0.39 is 0 Å². The number of nitrogens with zero attached hydrogens (tertiary/aromatic N) is 2. The molecule has 1 amide bonds. The number of aromatic amines is 1. The first-order valence-electron chi connectivity index (χ1n) is 7.78. The molecule has 2 N–H and O–H groups in total. The number of hydrogen-bond acceptors (Lipinski definition) is 4. The van der Waals surface area contributed by atoms with Crippen LogP contribution in [0.3, 0.4) is 0 Å². The van der Waals surface area contributed by atoms with Crippen LogP contribution in [0.5, 0.6) is 5.75 Å². The summed E-state index contributed by atoms with van der Waals surface area (Å²) in [7, 11) is 0. The molecule has 0 fully saturated rings. The van der Waals surface area contributed by atoms with Crippen LogP contribution in [0.4, 0.5) is 5.69 Å². The minimum atomic E-state index is -0.122. The lowest BCUT2D eigenvalue weighted by molar-refractivity contribution is -0.116. The lowest BCUT2D eigenvalue weighted by Crippen LogP contribution is -2.15. The zero-order valence-corrected chi connectivity index (χ0v) is 14.4. The molecule has 0 unspecified atom stereocenters. The van der Waals surface area contributed by atoms with Crippen LogP contribution < -0.4 is 10.1 Å². The minimum Gasteiger partial charge on any atom is -0.493 e. The van der Waals surface area contributed by atoms with Crippen LogP contribution in [0.15, 0.2) is 48.5 Å². The van der Waals surface area contributed by atoms with Gasteiger partial charge in [0, 0.05) is 16.3 Å². The highest BCUT2D eigenvalue weighted by Crippen LogP contribution is 2.19. The molecule has 128 valence electrons. The number of carbonyl (C=O) groups excluding carboxylic acids is 1. The Labute approximate surface area is 150 Å². The standard InChI is InChI=1S/C18H17ClN4O2/c1-12-20-18(23-22-12)13-5-7-15(8-6-13)21-17(24)9-10-25-16-4-2-3-14(19)11-16/h2-8,11H,9-10H2,1H3,(H,21,24)(H,20,22,23). The quantitative estimate of drug-likeness (QED) is 0.703. The van der Waals surface area contributed by atoms with Crippen molar-refractivity contribution in [3.05, 3.63) is 59.4 Å². The van der Waals surface area contributed by atoms with E-state index >= 15 is 0 Å². The van der Waals surface area contributed by atoms with Crippen molar-refractivity contribution in [1.29, 1.82) is 0 Å². The fourth-order valence-corrected chi connectivity index (χ4v) is 2.40. The van der Waals surface area contributed by atoms with Crippen LogP contribution in [0.25, 0.3) is 11.4 Å². The van der Waals surface area contributed by atoms with E-state index in [4.69, 9.17) is 16.3 Å². The summed E-state index contributed by atoms with van der Waals surface area (Å²) in [5.74, 6) is 1.91. The molecule has 7 heteroatoms. The van der Waals surface area contributed by atoms with Crippen LogP contribution in [0.2, 0.25) is 5.02 Å².